The van der Waals surface area contributed by atoms with Crippen molar-refractivity contribution in [2.24, 2.45) is 0 Å². The second-order valence-electron chi connectivity index (χ2n) is 4.05. The van der Waals surface area contributed by atoms with Gasteiger partial charge in [0.05, 0.1) is 4.92 Å². The normalized spacial score (nSPS) is 10.1. The Morgan fingerprint density at radius 1 is 1.20 bits per heavy atom. The number of Topliss-reactive ketones (excluding diaryl/α,β-unsaturated/α-hetero) is 1. The first-order valence-electron chi connectivity index (χ1n) is 5.70. The van der Waals surface area contributed by atoms with Gasteiger partial charge in [-0.25, -0.2) is 4.39 Å². The Morgan fingerprint density at radius 3 is 2.40 bits per heavy atom. The Morgan fingerprint density at radius 2 is 1.85 bits per heavy atom. The van der Waals surface area contributed by atoms with E-state index in [9.17, 15) is 19.3 Å². The Kier molecular flexibility index (Phi) is 3.74. The molecule has 20 heavy (non-hydrogen) atoms. The number of benzene rings is 2. The number of nitrogens with zero attached hydrogens (tertiary/aromatic N) is 1. The molecule has 6 heteroatoms. The van der Waals surface area contributed by atoms with Crippen LogP contribution in [0.4, 0.5) is 10.1 Å². The van der Waals surface area contributed by atoms with Gasteiger partial charge >= 0.3 is 5.69 Å². The molecule has 0 saturated heterocycles. The fourth-order valence-electron chi connectivity index (χ4n) is 1.59. The van der Waals surface area contributed by atoms with Crippen molar-refractivity contribution in [2.45, 2.75) is 6.92 Å². The Balaban J connectivity index is 2.38. The van der Waals surface area contributed by atoms with Crippen LogP contribution in [0.3, 0.4) is 0 Å². The van der Waals surface area contributed by atoms with Gasteiger partial charge in [-0.3, -0.25) is 14.9 Å². The Bertz CT molecular complexity index is 667. The van der Waals surface area contributed by atoms with Gasteiger partial charge in [0, 0.05) is 11.6 Å². The summed E-state index contributed by atoms with van der Waals surface area (Å²) in [6.07, 6.45) is 0. The minimum Gasteiger partial charge on any atom is -0.450 e. The van der Waals surface area contributed by atoms with Crippen LogP contribution in [0.1, 0.15) is 17.3 Å². The van der Waals surface area contributed by atoms with Gasteiger partial charge in [0.25, 0.3) is 0 Å². The van der Waals surface area contributed by atoms with E-state index in [1.807, 2.05) is 0 Å². The Labute approximate surface area is 113 Å². The molecule has 0 atom stereocenters. The van der Waals surface area contributed by atoms with Crippen molar-refractivity contribution in [3.05, 3.63) is 64.0 Å². The summed E-state index contributed by atoms with van der Waals surface area (Å²) in [6.45, 7) is 1.32. The summed E-state index contributed by atoms with van der Waals surface area (Å²) in [5, 5.41) is 11.0. The van der Waals surface area contributed by atoms with Crippen LogP contribution in [0.15, 0.2) is 42.5 Å². The van der Waals surface area contributed by atoms with E-state index in [1.54, 1.807) is 0 Å². The molecule has 0 heterocycles. The van der Waals surface area contributed by atoms with Gasteiger partial charge in [-0.15, -0.1) is 0 Å². The molecule has 2 rings (SSSR count). The van der Waals surface area contributed by atoms with Crippen molar-refractivity contribution in [3.8, 4) is 11.5 Å². The highest BCUT2D eigenvalue weighted by molar-refractivity contribution is 5.95. The predicted molar refractivity (Wildman–Crippen MR) is 69.6 cm³/mol. The molecule has 2 aromatic carbocycles. The van der Waals surface area contributed by atoms with E-state index in [2.05, 4.69) is 0 Å². The molecule has 0 amide bonds. The summed E-state index contributed by atoms with van der Waals surface area (Å²) in [6, 6.07) is 9.03. The molecule has 0 fully saturated rings. The molecule has 0 spiro atoms. The number of nitro benzene ring substituents is 1. The van der Waals surface area contributed by atoms with Crippen LogP contribution in [-0.2, 0) is 0 Å². The third-order valence-corrected chi connectivity index (χ3v) is 2.60. The number of halogens is 1. The zero-order valence-corrected chi connectivity index (χ0v) is 10.5. The third kappa shape index (κ3) is 2.97. The van der Waals surface area contributed by atoms with Gasteiger partial charge in [0.15, 0.2) is 5.78 Å². The summed E-state index contributed by atoms with van der Waals surface area (Å²) in [7, 11) is 0. The molecule has 0 aromatic heterocycles. The number of rotatable bonds is 4. The number of hydrogen-bond acceptors (Lipinski definition) is 4. The molecule has 102 valence electrons. The number of nitro groups is 1. The summed E-state index contributed by atoms with van der Waals surface area (Å²) in [5.74, 6) is -0.447. The first-order chi connectivity index (χ1) is 9.47. The molecule has 0 aliphatic heterocycles. The minimum atomic E-state index is -0.634. The lowest BCUT2D eigenvalue weighted by molar-refractivity contribution is -0.385. The lowest BCUT2D eigenvalue weighted by Gasteiger charge is -2.07. The SMILES string of the molecule is CC(=O)c1ccc(Oc2ccc(F)cc2)c([N+](=O)[O-])c1. The number of hydrogen-bond donors (Lipinski definition) is 0. The highest BCUT2D eigenvalue weighted by atomic mass is 19.1. The molecule has 0 N–H and O–H groups in total. The lowest BCUT2D eigenvalue weighted by atomic mass is 10.1. The number of ether oxygens (including phenoxy) is 1. The smallest absolute Gasteiger partial charge is 0.312 e. The van der Waals surface area contributed by atoms with E-state index in [0.29, 0.717) is 0 Å². The van der Waals surface area contributed by atoms with Gasteiger partial charge in [-0.1, -0.05) is 0 Å². The van der Waals surface area contributed by atoms with Crippen molar-refractivity contribution in [2.75, 3.05) is 0 Å². The summed E-state index contributed by atoms with van der Waals surface area (Å²) in [5.41, 5.74) is -0.0924. The van der Waals surface area contributed by atoms with Gasteiger partial charge < -0.3 is 4.74 Å². The van der Waals surface area contributed by atoms with Crippen LogP contribution in [0.2, 0.25) is 0 Å². The van der Waals surface area contributed by atoms with Gasteiger partial charge in [-0.05, 0) is 43.3 Å². The molecule has 5 nitrogen and oxygen atoms in total. The van der Waals surface area contributed by atoms with E-state index in [-0.39, 0.29) is 28.5 Å². The minimum absolute atomic E-state index is 0.00777. The van der Waals surface area contributed by atoms with E-state index in [1.165, 1.54) is 43.3 Å². The molecule has 2 aromatic rings. The van der Waals surface area contributed by atoms with Crippen LogP contribution in [0.25, 0.3) is 0 Å². The van der Waals surface area contributed by atoms with Crippen LogP contribution >= 0.6 is 0 Å². The van der Waals surface area contributed by atoms with E-state index in [0.717, 1.165) is 6.07 Å². The second-order valence-corrected chi connectivity index (χ2v) is 4.05. The Hall–Kier alpha value is -2.76. The number of ketones is 1. The molecule has 0 radical (unpaired) electrons. The van der Waals surface area contributed by atoms with E-state index >= 15 is 0 Å². The second kappa shape index (κ2) is 5.48. The van der Waals surface area contributed by atoms with Crippen LogP contribution in [0, 0.1) is 15.9 Å². The molecule has 0 unspecified atom stereocenters. The first kappa shape index (κ1) is 13.7. The lowest BCUT2D eigenvalue weighted by Crippen LogP contribution is -1.98. The van der Waals surface area contributed by atoms with Crippen molar-refractivity contribution in [3.63, 3.8) is 0 Å². The van der Waals surface area contributed by atoms with Crippen molar-refractivity contribution >= 4 is 11.5 Å². The number of carbonyl (C=O) groups excluding carboxylic acids is 1. The predicted octanol–water partition coefficient (Wildman–Crippen LogP) is 3.73. The maximum atomic E-state index is 12.8. The average molecular weight is 275 g/mol. The summed E-state index contributed by atoms with van der Waals surface area (Å²) >= 11 is 0. The summed E-state index contributed by atoms with van der Waals surface area (Å²) in [4.78, 5) is 21.6. The van der Waals surface area contributed by atoms with Crippen molar-refractivity contribution < 1.29 is 18.8 Å². The molecule has 0 saturated carbocycles. The molecule has 0 bridgehead atoms. The maximum Gasteiger partial charge on any atom is 0.312 e. The quantitative estimate of drug-likeness (QED) is 0.484. The van der Waals surface area contributed by atoms with Gasteiger partial charge in [-0.2, -0.15) is 0 Å². The highest BCUT2D eigenvalue weighted by Gasteiger charge is 2.18. The van der Waals surface area contributed by atoms with E-state index in [4.69, 9.17) is 4.74 Å². The van der Waals surface area contributed by atoms with Crippen molar-refractivity contribution in [1.29, 1.82) is 0 Å². The average Bonchev–Trinajstić information content (AvgIpc) is 2.41. The highest BCUT2D eigenvalue weighted by Crippen LogP contribution is 2.32. The number of carbonyl (C=O) groups is 1. The van der Waals surface area contributed by atoms with Crippen LogP contribution < -0.4 is 4.74 Å². The fourth-order valence-corrected chi connectivity index (χ4v) is 1.59. The zero-order chi connectivity index (χ0) is 14.7. The molecule has 0 aliphatic carbocycles. The topological polar surface area (TPSA) is 69.4 Å². The largest absolute Gasteiger partial charge is 0.450 e. The monoisotopic (exact) mass is 275 g/mol. The fraction of sp³-hybridized carbons (Fsp3) is 0.0714. The first-order valence-corrected chi connectivity index (χ1v) is 5.70. The maximum absolute atomic E-state index is 12.8. The summed E-state index contributed by atoms with van der Waals surface area (Å²) < 4.78 is 18.1. The molecular formula is C14H10FNO4. The van der Waals surface area contributed by atoms with Crippen LogP contribution in [-0.4, -0.2) is 10.7 Å². The molecule has 0 aliphatic rings. The third-order valence-electron chi connectivity index (χ3n) is 2.60. The van der Waals surface area contributed by atoms with E-state index < -0.39 is 10.7 Å². The standard InChI is InChI=1S/C14H10FNO4/c1-9(17)10-2-7-14(13(8-10)16(18)19)20-12-5-3-11(15)4-6-12/h2-8H,1H3. The van der Waals surface area contributed by atoms with Crippen LogP contribution in [0.5, 0.6) is 11.5 Å². The molecular weight excluding hydrogens is 265 g/mol. The van der Waals surface area contributed by atoms with Gasteiger partial charge in [0.2, 0.25) is 5.75 Å². The zero-order valence-electron chi connectivity index (χ0n) is 10.5. The van der Waals surface area contributed by atoms with Gasteiger partial charge in [0.1, 0.15) is 11.6 Å². The van der Waals surface area contributed by atoms with Crippen molar-refractivity contribution in [1.82, 2.24) is 0 Å².